The lowest BCUT2D eigenvalue weighted by atomic mass is 9.87. The van der Waals surface area contributed by atoms with E-state index in [0.717, 1.165) is 24.1 Å². The molecule has 5 heteroatoms. The van der Waals surface area contributed by atoms with Crippen LogP contribution < -0.4 is 16.0 Å². The number of aryl methyl sites for hydroxylation is 1. The topological polar surface area (TPSA) is 70.2 Å². The number of nitrogens with one attached hydrogen (secondary N) is 3. The van der Waals surface area contributed by atoms with Gasteiger partial charge >= 0.3 is 0 Å². The van der Waals surface area contributed by atoms with Crippen molar-refractivity contribution in [2.24, 2.45) is 0 Å². The molecule has 2 amide bonds. The van der Waals surface area contributed by atoms with Crippen molar-refractivity contribution >= 4 is 17.5 Å². The summed E-state index contributed by atoms with van der Waals surface area (Å²) in [4.78, 5) is 24.3. The molecule has 1 aromatic rings. The van der Waals surface area contributed by atoms with E-state index < -0.39 is 6.04 Å². The van der Waals surface area contributed by atoms with Gasteiger partial charge in [0.25, 0.3) is 0 Å². The fraction of sp³-hybridized carbons (Fsp3) is 0.529. The summed E-state index contributed by atoms with van der Waals surface area (Å²) >= 11 is 0. The van der Waals surface area contributed by atoms with Crippen LogP contribution in [0.2, 0.25) is 0 Å². The highest BCUT2D eigenvalue weighted by Crippen LogP contribution is 2.22. The molecule has 0 radical (unpaired) electrons. The highest BCUT2D eigenvalue weighted by molar-refractivity contribution is 5.95. The maximum atomic E-state index is 12.1. The first kappa shape index (κ1) is 15.0. The van der Waals surface area contributed by atoms with Gasteiger partial charge < -0.3 is 16.0 Å². The molecule has 0 spiro atoms. The van der Waals surface area contributed by atoms with Crippen LogP contribution in [0, 0.1) is 6.92 Å². The predicted molar refractivity (Wildman–Crippen MR) is 85.5 cm³/mol. The Morgan fingerprint density at radius 1 is 1.18 bits per heavy atom. The molecule has 3 rings (SSSR count). The highest BCUT2D eigenvalue weighted by atomic mass is 16.2. The van der Waals surface area contributed by atoms with Crippen LogP contribution >= 0.6 is 0 Å². The van der Waals surface area contributed by atoms with E-state index in [2.05, 4.69) is 16.0 Å². The van der Waals surface area contributed by atoms with Crippen LogP contribution in [0.4, 0.5) is 5.69 Å². The molecule has 1 aromatic carbocycles. The molecule has 5 nitrogen and oxygen atoms in total. The predicted octanol–water partition coefficient (Wildman–Crippen LogP) is 1.72. The molecule has 2 fully saturated rings. The number of carbonyl (C=O) groups excluding carboxylic acids is 2. The van der Waals surface area contributed by atoms with E-state index in [9.17, 15) is 9.59 Å². The Bertz CT molecular complexity index is 556. The average molecular weight is 301 g/mol. The lowest BCUT2D eigenvalue weighted by Crippen LogP contribution is -2.65. The van der Waals surface area contributed by atoms with Crippen molar-refractivity contribution < 1.29 is 9.59 Å². The third kappa shape index (κ3) is 3.47. The number of hydrogen-bond acceptors (Lipinski definition) is 3. The second-order valence-corrected chi connectivity index (χ2v) is 6.34. The molecule has 3 atom stereocenters. The summed E-state index contributed by atoms with van der Waals surface area (Å²) in [7, 11) is 0. The molecule has 2 aliphatic rings. The summed E-state index contributed by atoms with van der Waals surface area (Å²) in [6.45, 7) is 2.00. The molecule has 1 aliphatic heterocycles. The second-order valence-electron chi connectivity index (χ2n) is 6.34. The third-order valence-corrected chi connectivity index (χ3v) is 4.55. The lowest BCUT2D eigenvalue weighted by molar-refractivity contribution is -0.129. The zero-order valence-electron chi connectivity index (χ0n) is 12.9. The standard InChI is InChI=1S/C17H23N3O2/c1-11-6-8-12(9-7-11)18-16(21)10-15-17(22)20-14-5-3-2-4-13(14)19-15/h6-9,13-15,19H,2-5,10H2,1H3,(H,18,21)(H,20,22)/t13-,14-,15+/m0/s1. The number of anilines is 1. The van der Waals surface area contributed by atoms with Gasteiger partial charge in [0.15, 0.2) is 0 Å². The zero-order valence-corrected chi connectivity index (χ0v) is 12.9. The minimum atomic E-state index is -0.426. The number of amides is 2. The van der Waals surface area contributed by atoms with Crippen LogP contribution in [0.1, 0.15) is 37.7 Å². The first-order chi connectivity index (χ1) is 10.6. The minimum absolute atomic E-state index is 0.0535. The third-order valence-electron chi connectivity index (χ3n) is 4.55. The Balaban J connectivity index is 1.56. The molecule has 22 heavy (non-hydrogen) atoms. The molecule has 1 saturated carbocycles. The summed E-state index contributed by atoms with van der Waals surface area (Å²) in [5.41, 5.74) is 1.91. The Morgan fingerprint density at radius 2 is 1.86 bits per heavy atom. The van der Waals surface area contributed by atoms with Gasteiger partial charge in [-0.3, -0.25) is 9.59 Å². The van der Waals surface area contributed by atoms with Crippen LogP contribution in [0.3, 0.4) is 0 Å². The van der Waals surface area contributed by atoms with E-state index in [1.165, 1.54) is 12.8 Å². The van der Waals surface area contributed by atoms with Crippen LogP contribution in [-0.2, 0) is 9.59 Å². The van der Waals surface area contributed by atoms with Crippen LogP contribution in [-0.4, -0.2) is 29.9 Å². The van der Waals surface area contributed by atoms with Crippen molar-refractivity contribution in [1.29, 1.82) is 0 Å². The molecule has 0 aromatic heterocycles. The lowest BCUT2D eigenvalue weighted by Gasteiger charge is -2.40. The molecule has 3 N–H and O–H groups in total. The fourth-order valence-corrected chi connectivity index (χ4v) is 3.31. The minimum Gasteiger partial charge on any atom is -0.350 e. The van der Waals surface area contributed by atoms with Gasteiger partial charge in [0.2, 0.25) is 11.8 Å². The normalized spacial score (nSPS) is 27.7. The monoisotopic (exact) mass is 301 g/mol. The fourth-order valence-electron chi connectivity index (χ4n) is 3.31. The molecule has 118 valence electrons. The van der Waals surface area contributed by atoms with E-state index in [0.29, 0.717) is 6.04 Å². The van der Waals surface area contributed by atoms with Crippen molar-refractivity contribution in [1.82, 2.24) is 10.6 Å². The summed E-state index contributed by atoms with van der Waals surface area (Å²) < 4.78 is 0. The van der Waals surface area contributed by atoms with E-state index in [-0.39, 0.29) is 24.3 Å². The van der Waals surface area contributed by atoms with Gasteiger partial charge in [-0.2, -0.15) is 0 Å². The Hall–Kier alpha value is -1.88. The van der Waals surface area contributed by atoms with Gasteiger partial charge in [-0.25, -0.2) is 0 Å². The highest BCUT2D eigenvalue weighted by Gasteiger charge is 2.36. The molecule has 0 bridgehead atoms. The van der Waals surface area contributed by atoms with Crippen LogP contribution in [0.5, 0.6) is 0 Å². The number of carbonyl (C=O) groups is 2. The van der Waals surface area contributed by atoms with Gasteiger partial charge in [-0.1, -0.05) is 30.5 Å². The summed E-state index contributed by atoms with van der Waals surface area (Å²) in [5, 5.41) is 9.27. The average Bonchev–Trinajstić information content (AvgIpc) is 2.50. The van der Waals surface area contributed by atoms with Gasteiger partial charge in [-0.05, 0) is 31.9 Å². The number of hydrogen-bond donors (Lipinski definition) is 3. The van der Waals surface area contributed by atoms with Crippen molar-refractivity contribution in [3.05, 3.63) is 29.8 Å². The van der Waals surface area contributed by atoms with Crippen molar-refractivity contribution in [2.45, 2.75) is 57.2 Å². The van der Waals surface area contributed by atoms with Gasteiger partial charge in [-0.15, -0.1) is 0 Å². The number of rotatable bonds is 3. The number of benzene rings is 1. The Labute approximate surface area is 130 Å². The molecule has 0 unspecified atom stereocenters. The van der Waals surface area contributed by atoms with Crippen molar-refractivity contribution in [3.63, 3.8) is 0 Å². The Morgan fingerprint density at radius 3 is 2.59 bits per heavy atom. The maximum Gasteiger partial charge on any atom is 0.237 e. The van der Waals surface area contributed by atoms with Gasteiger partial charge in [0.05, 0.1) is 12.5 Å². The zero-order chi connectivity index (χ0) is 15.5. The molecular weight excluding hydrogens is 278 g/mol. The smallest absolute Gasteiger partial charge is 0.237 e. The summed E-state index contributed by atoms with van der Waals surface area (Å²) in [5.74, 6) is -0.187. The van der Waals surface area contributed by atoms with E-state index in [1.807, 2.05) is 31.2 Å². The molecular formula is C17H23N3O2. The van der Waals surface area contributed by atoms with Crippen molar-refractivity contribution in [3.8, 4) is 0 Å². The van der Waals surface area contributed by atoms with Crippen LogP contribution in [0.15, 0.2) is 24.3 Å². The van der Waals surface area contributed by atoms with E-state index in [4.69, 9.17) is 0 Å². The SMILES string of the molecule is Cc1ccc(NC(=O)C[C@H]2N[C@H]3CCCC[C@@H]3NC2=O)cc1. The van der Waals surface area contributed by atoms with Gasteiger partial charge in [0, 0.05) is 17.8 Å². The number of piperazine rings is 1. The molecule has 1 heterocycles. The quantitative estimate of drug-likeness (QED) is 0.796. The summed E-state index contributed by atoms with van der Waals surface area (Å²) in [6.07, 6.45) is 4.63. The summed E-state index contributed by atoms with van der Waals surface area (Å²) in [6, 6.07) is 7.77. The Kier molecular flexibility index (Phi) is 4.43. The largest absolute Gasteiger partial charge is 0.350 e. The van der Waals surface area contributed by atoms with Gasteiger partial charge in [0.1, 0.15) is 0 Å². The van der Waals surface area contributed by atoms with Crippen LogP contribution in [0.25, 0.3) is 0 Å². The first-order valence-electron chi connectivity index (χ1n) is 8.05. The van der Waals surface area contributed by atoms with E-state index >= 15 is 0 Å². The first-order valence-corrected chi connectivity index (χ1v) is 8.05. The second kappa shape index (κ2) is 6.48. The van der Waals surface area contributed by atoms with Crippen molar-refractivity contribution in [2.75, 3.05) is 5.32 Å². The maximum absolute atomic E-state index is 12.1. The van der Waals surface area contributed by atoms with E-state index in [1.54, 1.807) is 0 Å². The number of fused-ring (bicyclic) bond motifs is 1. The molecule has 1 saturated heterocycles. The molecule has 1 aliphatic carbocycles.